The first kappa shape index (κ1) is 8.93. The van der Waals surface area contributed by atoms with Crippen molar-refractivity contribution in [1.29, 1.82) is 0 Å². The van der Waals surface area contributed by atoms with E-state index in [0.29, 0.717) is 6.42 Å². The van der Waals surface area contributed by atoms with Gasteiger partial charge in [-0.3, -0.25) is 4.79 Å². The van der Waals surface area contributed by atoms with Crippen LogP contribution in [0.15, 0.2) is 12.5 Å². The summed E-state index contributed by atoms with van der Waals surface area (Å²) in [6.45, 7) is 1.37. The summed E-state index contributed by atoms with van der Waals surface area (Å²) in [5, 5.41) is 8.84. The van der Waals surface area contributed by atoms with E-state index in [1.165, 1.54) is 6.92 Å². The second kappa shape index (κ2) is 4.01. The van der Waals surface area contributed by atoms with E-state index in [9.17, 15) is 4.79 Å². The number of imidazole rings is 1. The van der Waals surface area contributed by atoms with Crippen LogP contribution in [0.4, 0.5) is 0 Å². The van der Waals surface area contributed by atoms with Crippen molar-refractivity contribution < 1.29 is 9.90 Å². The smallest absolute Gasteiger partial charge is 0.135 e. The van der Waals surface area contributed by atoms with Crippen molar-refractivity contribution >= 4 is 5.78 Å². The van der Waals surface area contributed by atoms with Gasteiger partial charge in [0.1, 0.15) is 5.78 Å². The summed E-state index contributed by atoms with van der Waals surface area (Å²) in [7, 11) is 0. The zero-order valence-electron chi connectivity index (χ0n) is 6.95. The number of hydrogen-bond acceptors (Lipinski definition) is 3. The van der Waals surface area contributed by atoms with Crippen LogP contribution in [0.1, 0.15) is 12.6 Å². The monoisotopic (exact) mass is 168 g/mol. The van der Waals surface area contributed by atoms with Gasteiger partial charge in [-0.1, -0.05) is 0 Å². The number of nitrogens with zero attached hydrogens (tertiary/aromatic N) is 1. The Morgan fingerprint density at radius 1 is 1.83 bits per heavy atom. The summed E-state index contributed by atoms with van der Waals surface area (Å²) in [6, 6.07) is 0. The number of aromatic amines is 1. The van der Waals surface area contributed by atoms with Crippen molar-refractivity contribution in [3.05, 3.63) is 18.2 Å². The quantitative estimate of drug-likeness (QED) is 0.672. The molecule has 2 N–H and O–H groups in total. The first-order valence-corrected chi connectivity index (χ1v) is 3.83. The fourth-order valence-corrected chi connectivity index (χ4v) is 0.992. The number of aliphatic hydroxyl groups excluding tert-OH is 1. The standard InChI is InChI=1S/C8H12N2O2/c1-6(12)7(4-11)2-8-3-9-5-10-8/h3,5,7,11H,2,4H2,1H3,(H,9,10)/t7-/m1/s1. The third kappa shape index (κ3) is 2.17. The highest BCUT2D eigenvalue weighted by molar-refractivity contribution is 5.78. The average molecular weight is 168 g/mol. The molecular formula is C8H12N2O2. The number of Topliss-reactive ketones (excluding diaryl/α,β-unsaturated/α-hetero) is 1. The van der Waals surface area contributed by atoms with Gasteiger partial charge in [-0.25, -0.2) is 4.98 Å². The summed E-state index contributed by atoms with van der Waals surface area (Å²) < 4.78 is 0. The van der Waals surface area contributed by atoms with Crippen LogP contribution in [0, 0.1) is 5.92 Å². The van der Waals surface area contributed by atoms with Gasteiger partial charge >= 0.3 is 0 Å². The van der Waals surface area contributed by atoms with Crippen LogP contribution in [-0.4, -0.2) is 27.5 Å². The Morgan fingerprint density at radius 2 is 2.58 bits per heavy atom. The number of hydrogen-bond donors (Lipinski definition) is 2. The van der Waals surface area contributed by atoms with E-state index in [1.54, 1.807) is 12.5 Å². The number of carbonyl (C=O) groups excluding carboxylic acids is 1. The largest absolute Gasteiger partial charge is 0.396 e. The molecule has 12 heavy (non-hydrogen) atoms. The molecular weight excluding hydrogens is 156 g/mol. The van der Waals surface area contributed by atoms with Gasteiger partial charge in [0, 0.05) is 18.5 Å². The third-order valence-corrected chi connectivity index (χ3v) is 1.81. The van der Waals surface area contributed by atoms with E-state index >= 15 is 0 Å². The highest BCUT2D eigenvalue weighted by Crippen LogP contribution is 2.05. The Labute approximate surface area is 70.6 Å². The zero-order valence-corrected chi connectivity index (χ0v) is 6.95. The number of H-pyrrole nitrogens is 1. The first-order chi connectivity index (χ1) is 5.74. The Hall–Kier alpha value is -1.16. The number of ketones is 1. The van der Waals surface area contributed by atoms with Gasteiger partial charge in [-0.15, -0.1) is 0 Å². The molecule has 1 aromatic rings. The van der Waals surface area contributed by atoms with E-state index in [-0.39, 0.29) is 18.3 Å². The minimum absolute atomic E-state index is 0.000463. The summed E-state index contributed by atoms with van der Waals surface area (Å²) in [4.78, 5) is 17.7. The minimum Gasteiger partial charge on any atom is -0.396 e. The van der Waals surface area contributed by atoms with E-state index < -0.39 is 0 Å². The molecule has 1 atom stereocenters. The lowest BCUT2D eigenvalue weighted by Crippen LogP contribution is -2.18. The molecule has 4 nitrogen and oxygen atoms in total. The van der Waals surface area contributed by atoms with Gasteiger partial charge in [-0.05, 0) is 6.92 Å². The maximum Gasteiger partial charge on any atom is 0.135 e. The molecule has 0 spiro atoms. The molecule has 0 aliphatic carbocycles. The summed E-state index contributed by atoms with van der Waals surface area (Å²) in [6.07, 6.45) is 3.80. The second-order valence-corrected chi connectivity index (χ2v) is 2.75. The fourth-order valence-electron chi connectivity index (χ4n) is 0.992. The summed E-state index contributed by atoms with van der Waals surface area (Å²) in [5.74, 6) is -0.311. The molecule has 0 radical (unpaired) electrons. The molecule has 4 heteroatoms. The van der Waals surface area contributed by atoms with Crippen molar-refractivity contribution in [1.82, 2.24) is 9.97 Å². The molecule has 66 valence electrons. The molecule has 0 amide bonds. The van der Waals surface area contributed by atoms with Crippen molar-refractivity contribution in [3.63, 3.8) is 0 Å². The molecule has 1 heterocycles. The number of aliphatic hydroxyl groups is 1. The number of nitrogens with one attached hydrogen (secondary N) is 1. The molecule has 1 rings (SSSR count). The minimum atomic E-state index is -0.312. The van der Waals surface area contributed by atoms with E-state index in [1.807, 2.05) is 0 Å². The fraction of sp³-hybridized carbons (Fsp3) is 0.500. The van der Waals surface area contributed by atoms with Crippen molar-refractivity contribution in [2.75, 3.05) is 6.61 Å². The molecule has 0 aliphatic rings. The van der Waals surface area contributed by atoms with E-state index in [4.69, 9.17) is 5.11 Å². The van der Waals surface area contributed by atoms with Gasteiger partial charge in [-0.2, -0.15) is 0 Å². The van der Waals surface area contributed by atoms with Gasteiger partial charge in [0.15, 0.2) is 0 Å². The van der Waals surface area contributed by atoms with Crippen LogP contribution >= 0.6 is 0 Å². The lowest BCUT2D eigenvalue weighted by Gasteiger charge is -2.06. The summed E-state index contributed by atoms with van der Waals surface area (Å²) in [5.41, 5.74) is 0.809. The van der Waals surface area contributed by atoms with Gasteiger partial charge < -0.3 is 10.1 Å². The zero-order chi connectivity index (χ0) is 8.97. The first-order valence-electron chi connectivity index (χ1n) is 3.83. The predicted molar refractivity (Wildman–Crippen MR) is 43.5 cm³/mol. The van der Waals surface area contributed by atoms with Crippen LogP contribution in [0.5, 0.6) is 0 Å². The molecule has 0 unspecified atom stereocenters. The summed E-state index contributed by atoms with van der Waals surface area (Å²) >= 11 is 0. The molecule has 0 bridgehead atoms. The normalized spacial score (nSPS) is 12.8. The SMILES string of the molecule is CC(=O)[C@@H](CO)Cc1c[nH]cn1. The van der Waals surface area contributed by atoms with Gasteiger partial charge in [0.2, 0.25) is 0 Å². The third-order valence-electron chi connectivity index (χ3n) is 1.81. The topological polar surface area (TPSA) is 66.0 Å². The van der Waals surface area contributed by atoms with Crippen LogP contribution in [0.25, 0.3) is 0 Å². The molecule has 1 aromatic heterocycles. The van der Waals surface area contributed by atoms with Gasteiger partial charge in [0.05, 0.1) is 18.6 Å². The second-order valence-electron chi connectivity index (χ2n) is 2.75. The Balaban J connectivity index is 2.54. The van der Waals surface area contributed by atoms with Crippen molar-refractivity contribution in [2.24, 2.45) is 5.92 Å². The Bertz CT molecular complexity index is 244. The Kier molecular flexibility index (Phi) is 2.99. The van der Waals surface area contributed by atoms with E-state index in [0.717, 1.165) is 5.69 Å². The number of carbonyl (C=O) groups is 1. The average Bonchev–Trinajstić information content (AvgIpc) is 2.51. The van der Waals surface area contributed by atoms with Gasteiger partial charge in [0.25, 0.3) is 0 Å². The maximum atomic E-state index is 10.9. The van der Waals surface area contributed by atoms with Crippen LogP contribution in [0.3, 0.4) is 0 Å². The van der Waals surface area contributed by atoms with Crippen molar-refractivity contribution in [2.45, 2.75) is 13.3 Å². The molecule has 0 aromatic carbocycles. The molecule has 0 aliphatic heterocycles. The lowest BCUT2D eigenvalue weighted by atomic mass is 10.0. The highest BCUT2D eigenvalue weighted by atomic mass is 16.3. The van der Waals surface area contributed by atoms with Crippen molar-refractivity contribution in [3.8, 4) is 0 Å². The van der Waals surface area contributed by atoms with Crippen LogP contribution in [-0.2, 0) is 11.2 Å². The maximum absolute atomic E-state index is 10.9. The lowest BCUT2D eigenvalue weighted by molar-refractivity contribution is -0.121. The molecule has 0 fully saturated rings. The number of rotatable bonds is 4. The van der Waals surface area contributed by atoms with E-state index in [2.05, 4.69) is 9.97 Å². The van der Waals surface area contributed by atoms with Crippen LogP contribution in [0.2, 0.25) is 0 Å². The number of aromatic nitrogens is 2. The van der Waals surface area contributed by atoms with Crippen LogP contribution < -0.4 is 0 Å². The molecule has 0 saturated heterocycles. The molecule has 0 saturated carbocycles. The predicted octanol–water partition coefficient (Wildman–Crippen LogP) is 0.150. The Morgan fingerprint density at radius 3 is 3.00 bits per heavy atom. The highest BCUT2D eigenvalue weighted by Gasteiger charge is 2.14.